The number of nitrogens with zero attached hydrogens (tertiary/aromatic N) is 2. The summed E-state index contributed by atoms with van der Waals surface area (Å²) >= 11 is 0. The van der Waals surface area contributed by atoms with Crippen LogP contribution in [-0.4, -0.2) is 91.1 Å². The van der Waals surface area contributed by atoms with Gasteiger partial charge in [-0.1, -0.05) is 49.6 Å². The van der Waals surface area contributed by atoms with Crippen LogP contribution in [0.5, 0.6) is 0 Å². The minimum Gasteiger partial charge on any atom is -0.377 e. The van der Waals surface area contributed by atoms with Crippen molar-refractivity contribution in [2.24, 2.45) is 11.7 Å². The Hall–Kier alpha value is -3.26. The van der Waals surface area contributed by atoms with Gasteiger partial charge in [0.25, 0.3) is 0 Å². The lowest BCUT2D eigenvalue weighted by Gasteiger charge is -2.57. The van der Waals surface area contributed by atoms with Crippen molar-refractivity contribution in [1.82, 2.24) is 20.1 Å². The minimum absolute atomic E-state index is 0. The molecule has 3 aromatic rings. The highest BCUT2D eigenvalue weighted by Crippen LogP contribution is 2.44. The first-order valence-electron chi connectivity index (χ1n) is 16.8. The smallest absolute Gasteiger partial charge is 0.239 e. The molecule has 4 N–H and O–H groups in total. The highest BCUT2D eigenvalue weighted by molar-refractivity contribution is 6.04. The number of hydrogen-bond donors (Lipinski definition) is 3. The van der Waals surface area contributed by atoms with Crippen molar-refractivity contribution in [1.29, 1.82) is 0 Å². The van der Waals surface area contributed by atoms with Crippen LogP contribution in [-0.2, 0) is 32.2 Å². The summed E-state index contributed by atoms with van der Waals surface area (Å²) in [4.78, 5) is 43.3. The molecule has 1 saturated heterocycles. The number of hydrogen-bond acceptors (Lipinski definition) is 8. The Morgan fingerprint density at radius 2 is 1.73 bits per heavy atom. The number of ether oxygens (including phenoxy) is 2. The number of Topliss-reactive ketones (excluding diaryl/α,β-unsaturated/α-hetero) is 1. The van der Waals surface area contributed by atoms with Crippen molar-refractivity contribution in [2.45, 2.75) is 69.3 Å². The molecule has 2 aromatic carbocycles. The summed E-state index contributed by atoms with van der Waals surface area (Å²) in [6, 6.07) is 12.6. The van der Waals surface area contributed by atoms with E-state index in [9.17, 15) is 23.2 Å². The monoisotopic (exact) mass is 703 g/mol. The number of rotatable bonds is 16. The van der Waals surface area contributed by atoms with Gasteiger partial charge in [-0.15, -0.1) is 12.4 Å². The van der Waals surface area contributed by atoms with E-state index in [-0.39, 0.29) is 49.5 Å². The number of piperazine rings is 1. The second-order valence-corrected chi connectivity index (χ2v) is 13.0. The minimum atomic E-state index is -1.48. The van der Waals surface area contributed by atoms with Crippen molar-refractivity contribution in [3.63, 3.8) is 0 Å². The van der Waals surface area contributed by atoms with Crippen LogP contribution < -0.4 is 16.4 Å². The highest BCUT2D eigenvalue weighted by Gasteiger charge is 2.61. The van der Waals surface area contributed by atoms with Gasteiger partial charge in [0.05, 0.1) is 43.7 Å². The number of benzene rings is 2. The molecule has 1 saturated carbocycles. The number of primary amides is 1. The predicted molar refractivity (Wildman–Crippen MR) is 186 cm³/mol. The topological polar surface area (TPSA) is 128 Å². The standard InChI is InChI=1S/C36H47F2N5O5.ClH/c1-35(40-2,34(39)46)36(24-44,27-11-7-4-8-12-27)43-14-13-41-22-32(43)33(45)31-20-26-19-28(37)29(38)21-30(26)42(31)15-16-47-17-18-48-23-25-9-5-3-6-10-25;/h3,5-6,9-10,19-21,24,27,32,40-41H,4,7-8,11-18,22-23H2,1-2H3,(H2,39,46);1H/t32-,35?,36?;/m1./s1. The summed E-state index contributed by atoms with van der Waals surface area (Å²) in [6.07, 6.45) is 5.05. The van der Waals surface area contributed by atoms with E-state index >= 15 is 0 Å². The molecule has 13 heteroatoms. The molecule has 2 unspecified atom stereocenters. The lowest BCUT2D eigenvalue weighted by molar-refractivity contribution is -0.148. The molecule has 5 rings (SSSR count). The van der Waals surface area contributed by atoms with Crippen molar-refractivity contribution < 1.29 is 32.6 Å². The molecule has 1 aromatic heterocycles. The fraction of sp³-hybridized carbons (Fsp3) is 0.528. The Kier molecular flexibility index (Phi) is 13.5. The maximum Gasteiger partial charge on any atom is 0.239 e. The molecule has 0 bridgehead atoms. The van der Waals surface area contributed by atoms with Crippen LogP contribution in [0.2, 0.25) is 0 Å². The largest absolute Gasteiger partial charge is 0.377 e. The van der Waals surface area contributed by atoms with Crippen molar-refractivity contribution >= 4 is 41.3 Å². The second kappa shape index (κ2) is 17.1. The average Bonchev–Trinajstić information content (AvgIpc) is 3.45. The summed E-state index contributed by atoms with van der Waals surface area (Å²) in [5, 5.41) is 6.72. The van der Waals surface area contributed by atoms with Gasteiger partial charge in [-0.3, -0.25) is 14.5 Å². The first-order valence-corrected chi connectivity index (χ1v) is 16.8. The molecule has 2 fully saturated rings. The van der Waals surface area contributed by atoms with Gasteiger partial charge < -0.3 is 35.2 Å². The van der Waals surface area contributed by atoms with E-state index in [1.165, 1.54) is 0 Å². The van der Waals surface area contributed by atoms with E-state index in [0.29, 0.717) is 56.7 Å². The number of amides is 1. The van der Waals surface area contributed by atoms with Gasteiger partial charge in [-0.25, -0.2) is 8.78 Å². The van der Waals surface area contributed by atoms with Gasteiger partial charge in [-0.2, -0.15) is 0 Å². The van der Waals surface area contributed by atoms with Crippen LogP contribution in [0.3, 0.4) is 0 Å². The number of fused-ring (bicyclic) bond motifs is 1. The second-order valence-electron chi connectivity index (χ2n) is 13.0. The van der Waals surface area contributed by atoms with Gasteiger partial charge in [0, 0.05) is 37.6 Å². The number of nitrogens with one attached hydrogen (secondary N) is 2. The summed E-state index contributed by atoms with van der Waals surface area (Å²) < 4.78 is 42.1. The number of ketones is 1. The maximum absolute atomic E-state index is 14.7. The third kappa shape index (κ3) is 7.74. The summed E-state index contributed by atoms with van der Waals surface area (Å²) in [5.41, 5.74) is 4.76. The summed E-state index contributed by atoms with van der Waals surface area (Å²) in [5.74, 6) is -3.29. The average molecular weight is 704 g/mol. The summed E-state index contributed by atoms with van der Waals surface area (Å²) in [7, 11) is 1.61. The Bertz CT molecular complexity index is 1590. The zero-order valence-electron chi connectivity index (χ0n) is 28.2. The van der Waals surface area contributed by atoms with Crippen LogP contribution in [0.25, 0.3) is 10.9 Å². The molecular formula is C36H48ClF2N5O5. The zero-order valence-corrected chi connectivity index (χ0v) is 29.0. The van der Waals surface area contributed by atoms with Gasteiger partial charge in [0.15, 0.2) is 17.4 Å². The van der Waals surface area contributed by atoms with Crippen LogP contribution in [0.15, 0.2) is 48.5 Å². The molecule has 0 spiro atoms. The van der Waals surface area contributed by atoms with Crippen LogP contribution in [0.1, 0.15) is 55.1 Å². The van der Waals surface area contributed by atoms with Gasteiger partial charge >= 0.3 is 0 Å². The van der Waals surface area contributed by atoms with E-state index in [1.54, 1.807) is 24.6 Å². The van der Waals surface area contributed by atoms with E-state index in [2.05, 4.69) is 10.6 Å². The first kappa shape index (κ1) is 38.5. The van der Waals surface area contributed by atoms with Gasteiger partial charge in [0.2, 0.25) is 5.91 Å². The number of halogens is 3. The van der Waals surface area contributed by atoms with Crippen molar-refractivity contribution in [3.8, 4) is 0 Å². The zero-order chi connectivity index (χ0) is 34.3. The third-order valence-corrected chi connectivity index (χ3v) is 10.4. The van der Waals surface area contributed by atoms with Crippen molar-refractivity contribution in [2.75, 3.05) is 46.5 Å². The Morgan fingerprint density at radius 3 is 2.41 bits per heavy atom. The molecule has 1 aliphatic carbocycles. The third-order valence-electron chi connectivity index (χ3n) is 10.4. The van der Waals surface area contributed by atoms with Crippen LogP contribution >= 0.6 is 12.4 Å². The van der Waals surface area contributed by atoms with E-state index in [1.807, 2.05) is 35.2 Å². The van der Waals surface area contributed by atoms with Crippen molar-refractivity contribution in [3.05, 3.63) is 71.4 Å². The molecule has 268 valence electrons. The molecule has 1 aliphatic heterocycles. The van der Waals surface area contributed by atoms with Gasteiger partial charge in [0.1, 0.15) is 17.4 Å². The predicted octanol–water partition coefficient (Wildman–Crippen LogP) is 4.01. The number of nitrogens with two attached hydrogens (primary N) is 1. The molecule has 2 aliphatic rings. The molecule has 10 nitrogen and oxygen atoms in total. The molecule has 3 atom stereocenters. The number of carbonyl (C=O) groups excluding carboxylic acids is 3. The first-order chi connectivity index (χ1) is 23.2. The highest BCUT2D eigenvalue weighted by atomic mass is 35.5. The fourth-order valence-electron chi connectivity index (χ4n) is 7.67. The summed E-state index contributed by atoms with van der Waals surface area (Å²) in [6.45, 7) is 4.13. The Labute approximate surface area is 292 Å². The molecule has 49 heavy (non-hydrogen) atoms. The molecular weight excluding hydrogens is 656 g/mol. The Balaban J connectivity index is 0.00000541. The quantitative estimate of drug-likeness (QED) is 0.116. The number of likely N-dealkylation sites (N-methyl/N-ethyl adjacent to an activating group) is 1. The normalized spacial score (nSPS) is 19.9. The van der Waals surface area contributed by atoms with Crippen LogP contribution in [0, 0.1) is 17.6 Å². The lowest BCUT2D eigenvalue weighted by Crippen LogP contribution is -2.80. The fourth-order valence-corrected chi connectivity index (χ4v) is 7.67. The van der Waals surface area contributed by atoms with E-state index < -0.39 is 34.7 Å². The maximum atomic E-state index is 14.7. The SMILES string of the molecule is CNC(C)(C(N)=O)C(C=O)(C1CCCCC1)N1CCNC[C@@H]1C(=O)c1cc2cc(F)c(F)cc2n1CCOCCOCc1ccccc1.Cl. The van der Waals surface area contributed by atoms with E-state index in [4.69, 9.17) is 15.2 Å². The van der Waals surface area contributed by atoms with E-state index in [0.717, 1.165) is 43.2 Å². The number of aldehydes is 1. The molecule has 0 radical (unpaired) electrons. The number of aromatic nitrogens is 1. The Morgan fingerprint density at radius 1 is 1.04 bits per heavy atom. The number of carbonyl (C=O) groups is 3. The lowest BCUT2D eigenvalue weighted by atomic mass is 9.63. The van der Waals surface area contributed by atoms with Gasteiger partial charge in [-0.05, 0) is 50.4 Å². The van der Waals surface area contributed by atoms with Crippen LogP contribution in [0.4, 0.5) is 8.78 Å². The molecule has 1 amide bonds. The molecule has 2 heterocycles.